The van der Waals surface area contributed by atoms with E-state index in [2.05, 4.69) is 21.8 Å². The zero-order valence-corrected chi connectivity index (χ0v) is 11.8. The number of halogens is 1. The van der Waals surface area contributed by atoms with Gasteiger partial charge in [0.25, 0.3) is 0 Å². The Morgan fingerprint density at radius 1 is 1.42 bits per heavy atom. The van der Waals surface area contributed by atoms with Gasteiger partial charge in [-0.05, 0) is 25.0 Å². The Kier molecular flexibility index (Phi) is 4.68. The SMILES string of the molecule is CCCNc1snnc1COc1cc(F)ccc1C. The molecule has 0 radical (unpaired) electrons. The van der Waals surface area contributed by atoms with Crippen LogP contribution >= 0.6 is 11.5 Å². The van der Waals surface area contributed by atoms with Crippen molar-refractivity contribution in [2.45, 2.75) is 26.9 Å². The van der Waals surface area contributed by atoms with Crippen molar-refractivity contribution in [3.8, 4) is 5.75 Å². The van der Waals surface area contributed by atoms with E-state index < -0.39 is 0 Å². The second-order valence-electron chi connectivity index (χ2n) is 4.17. The molecule has 102 valence electrons. The molecule has 0 amide bonds. The predicted molar refractivity (Wildman–Crippen MR) is 74.2 cm³/mol. The van der Waals surface area contributed by atoms with Gasteiger partial charge in [-0.1, -0.05) is 17.5 Å². The average Bonchev–Trinajstić information content (AvgIpc) is 2.85. The molecule has 2 aromatic rings. The fourth-order valence-electron chi connectivity index (χ4n) is 1.55. The molecule has 0 saturated heterocycles. The van der Waals surface area contributed by atoms with Crippen LogP contribution < -0.4 is 10.1 Å². The molecule has 0 atom stereocenters. The van der Waals surface area contributed by atoms with Gasteiger partial charge in [-0.3, -0.25) is 0 Å². The van der Waals surface area contributed by atoms with Gasteiger partial charge in [-0.2, -0.15) is 0 Å². The first kappa shape index (κ1) is 13.7. The Bertz CT molecular complexity index is 544. The van der Waals surface area contributed by atoms with E-state index in [0.717, 1.165) is 29.2 Å². The van der Waals surface area contributed by atoms with E-state index in [1.165, 1.54) is 23.7 Å². The van der Waals surface area contributed by atoms with E-state index >= 15 is 0 Å². The highest BCUT2D eigenvalue weighted by Gasteiger charge is 2.09. The van der Waals surface area contributed by atoms with Crippen molar-refractivity contribution in [3.05, 3.63) is 35.3 Å². The third-order valence-electron chi connectivity index (χ3n) is 2.61. The Labute approximate surface area is 115 Å². The summed E-state index contributed by atoms with van der Waals surface area (Å²) in [5.74, 6) is 0.232. The average molecular weight is 281 g/mol. The number of anilines is 1. The largest absolute Gasteiger partial charge is 0.487 e. The zero-order chi connectivity index (χ0) is 13.7. The van der Waals surface area contributed by atoms with Gasteiger partial charge >= 0.3 is 0 Å². The lowest BCUT2D eigenvalue weighted by Gasteiger charge is -2.09. The summed E-state index contributed by atoms with van der Waals surface area (Å²) >= 11 is 1.31. The Balaban J connectivity index is 2.02. The molecule has 0 saturated carbocycles. The summed E-state index contributed by atoms with van der Waals surface area (Å²) in [5, 5.41) is 8.18. The number of aromatic nitrogens is 2. The monoisotopic (exact) mass is 281 g/mol. The van der Waals surface area contributed by atoms with Crippen LogP contribution in [0.25, 0.3) is 0 Å². The van der Waals surface area contributed by atoms with Crippen molar-refractivity contribution >= 4 is 16.5 Å². The minimum absolute atomic E-state index is 0.285. The van der Waals surface area contributed by atoms with Gasteiger partial charge < -0.3 is 10.1 Å². The molecule has 4 nitrogen and oxygen atoms in total. The number of hydrogen-bond acceptors (Lipinski definition) is 5. The number of ether oxygens (including phenoxy) is 1. The molecular weight excluding hydrogens is 265 g/mol. The second kappa shape index (κ2) is 6.47. The number of nitrogens with one attached hydrogen (secondary N) is 1. The number of nitrogens with zero attached hydrogens (tertiary/aromatic N) is 2. The maximum Gasteiger partial charge on any atom is 0.136 e. The highest BCUT2D eigenvalue weighted by atomic mass is 32.1. The molecule has 19 heavy (non-hydrogen) atoms. The Hall–Kier alpha value is -1.69. The van der Waals surface area contributed by atoms with Crippen LogP contribution in [0.15, 0.2) is 18.2 Å². The maximum absolute atomic E-state index is 13.1. The van der Waals surface area contributed by atoms with Crippen molar-refractivity contribution in [3.63, 3.8) is 0 Å². The third-order valence-corrected chi connectivity index (χ3v) is 3.33. The van der Waals surface area contributed by atoms with E-state index in [4.69, 9.17) is 4.74 Å². The van der Waals surface area contributed by atoms with E-state index in [0.29, 0.717) is 5.75 Å². The topological polar surface area (TPSA) is 47.0 Å². The van der Waals surface area contributed by atoms with Gasteiger partial charge in [-0.15, -0.1) is 5.10 Å². The minimum atomic E-state index is -0.304. The molecule has 1 aromatic heterocycles. The lowest BCUT2D eigenvalue weighted by Crippen LogP contribution is -2.04. The van der Waals surface area contributed by atoms with Crippen LogP contribution in [0.1, 0.15) is 24.6 Å². The van der Waals surface area contributed by atoms with Crippen LogP contribution in [-0.4, -0.2) is 16.1 Å². The van der Waals surface area contributed by atoms with Crippen LogP contribution in [0.4, 0.5) is 9.39 Å². The van der Waals surface area contributed by atoms with Crippen molar-refractivity contribution in [2.24, 2.45) is 0 Å². The molecular formula is C13H16FN3OS. The number of aryl methyl sites for hydroxylation is 1. The Morgan fingerprint density at radius 3 is 3.05 bits per heavy atom. The van der Waals surface area contributed by atoms with Gasteiger partial charge in [0.05, 0.1) is 0 Å². The van der Waals surface area contributed by atoms with Crippen LogP contribution in [0, 0.1) is 12.7 Å². The number of hydrogen-bond donors (Lipinski definition) is 1. The maximum atomic E-state index is 13.1. The summed E-state index contributed by atoms with van der Waals surface area (Å²) < 4.78 is 22.6. The van der Waals surface area contributed by atoms with E-state index in [1.807, 2.05) is 6.92 Å². The highest BCUT2D eigenvalue weighted by Crippen LogP contribution is 2.23. The first-order valence-corrected chi connectivity index (χ1v) is 6.92. The first-order chi connectivity index (χ1) is 9.20. The van der Waals surface area contributed by atoms with E-state index in [1.54, 1.807) is 6.07 Å². The van der Waals surface area contributed by atoms with E-state index in [-0.39, 0.29) is 12.4 Å². The molecule has 0 spiro atoms. The first-order valence-electron chi connectivity index (χ1n) is 6.14. The van der Waals surface area contributed by atoms with E-state index in [9.17, 15) is 4.39 Å². The summed E-state index contributed by atoms with van der Waals surface area (Å²) in [6.07, 6.45) is 1.03. The lowest BCUT2D eigenvalue weighted by molar-refractivity contribution is 0.298. The number of rotatable bonds is 6. The van der Waals surface area contributed by atoms with Gasteiger partial charge in [0.2, 0.25) is 0 Å². The highest BCUT2D eigenvalue weighted by molar-refractivity contribution is 7.10. The zero-order valence-electron chi connectivity index (χ0n) is 10.9. The summed E-state index contributed by atoms with van der Waals surface area (Å²) in [6.45, 7) is 5.13. The predicted octanol–water partition coefficient (Wildman–Crippen LogP) is 3.39. The molecule has 1 aromatic carbocycles. The van der Waals surface area contributed by atoms with Crippen LogP contribution in [-0.2, 0) is 6.61 Å². The molecule has 0 aliphatic carbocycles. The lowest BCUT2D eigenvalue weighted by atomic mass is 10.2. The van der Waals surface area contributed by atoms with Crippen molar-refractivity contribution in [1.29, 1.82) is 0 Å². The number of benzene rings is 1. The van der Waals surface area contributed by atoms with Crippen molar-refractivity contribution in [1.82, 2.24) is 9.59 Å². The van der Waals surface area contributed by atoms with Gasteiger partial charge in [-0.25, -0.2) is 4.39 Å². The third kappa shape index (κ3) is 3.64. The van der Waals surface area contributed by atoms with Gasteiger partial charge in [0.1, 0.15) is 28.9 Å². The smallest absolute Gasteiger partial charge is 0.136 e. The Morgan fingerprint density at radius 2 is 2.26 bits per heavy atom. The molecule has 1 N–H and O–H groups in total. The normalized spacial score (nSPS) is 10.5. The molecule has 6 heteroatoms. The van der Waals surface area contributed by atoms with Crippen LogP contribution in [0.5, 0.6) is 5.75 Å². The van der Waals surface area contributed by atoms with Crippen LogP contribution in [0.2, 0.25) is 0 Å². The summed E-state index contributed by atoms with van der Waals surface area (Å²) in [5.41, 5.74) is 1.65. The summed E-state index contributed by atoms with van der Waals surface area (Å²) in [6, 6.07) is 4.50. The van der Waals surface area contributed by atoms with Crippen LogP contribution in [0.3, 0.4) is 0 Å². The molecule has 2 rings (SSSR count). The second-order valence-corrected chi connectivity index (χ2v) is 4.93. The molecule has 0 fully saturated rings. The molecule has 0 unspecified atom stereocenters. The van der Waals surface area contributed by atoms with Gasteiger partial charge in [0, 0.05) is 24.1 Å². The van der Waals surface area contributed by atoms with Gasteiger partial charge in [0.15, 0.2) is 0 Å². The summed E-state index contributed by atoms with van der Waals surface area (Å²) in [7, 11) is 0. The standard InChI is InChI=1S/C13H16FN3OS/c1-3-6-15-13-11(16-17-19-13)8-18-12-7-10(14)5-4-9(12)2/h4-5,7,15H,3,6,8H2,1-2H3. The minimum Gasteiger partial charge on any atom is -0.487 e. The quantitative estimate of drug-likeness (QED) is 0.881. The molecule has 0 aliphatic heterocycles. The fraction of sp³-hybridized carbons (Fsp3) is 0.385. The molecule has 0 aliphatic rings. The van der Waals surface area contributed by atoms with Crippen molar-refractivity contribution < 1.29 is 9.13 Å². The fourth-order valence-corrected chi connectivity index (χ4v) is 2.14. The summed E-state index contributed by atoms with van der Waals surface area (Å²) in [4.78, 5) is 0. The molecule has 0 bridgehead atoms. The van der Waals surface area contributed by atoms with Crippen molar-refractivity contribution in [2.75, 3.05) is 11.9 Å². The molecule has 1 heterocycles.